The lowest BCUT2D eigenvalue weighted by atomic mass is 9.91. The zero-order valence-electron chi connectivity index (χ0n) is 22.5. The number of fused-ring (bicyclic) bond motifs is 2. The van der Waals surface area contributed by atoms with Gasteiger partial charge >= 0.3 is 0 Å². The van der Waals surface area contributed by atoms with E-state index >= 15 is 0 Å². The minimum absolute atomic E-state index is 0.00204. The van der Waals surface area contributed by atoms with Crippen LogP contribution in [0.5, 0.6) is 17.2 Å². The largest absolute Gasteiger partial charge is 0.491 e. The van der Waals surface area contributed by atoms with E-state index in [1.54, 1.807) is 0 Å². The Balaban J connectivity index is 1.38. The first-order chi connectivity index (χ1) is 18.6. The summed E-state index contributed by atoms with van der Waals surface area (Å²) in [4.78, 5) is 18.0. The standard InChI is InChI=1S/C32H38N2O4/c1-24-10-12-29-28(21-24)23-33(2)16-14-26(25-7-4-3-5-8-25)9-6-15-34(17-18-36-29)32(35)27-11-13-30-31(22-27)38-20-19-37-30/h3-5,7-8,10-13,21-22,26H,6,9,14-20,23H2,1-2H3. The predicted octanol–water partition coefficient (Wildman–Crippen LogP) is 5.69. The second-order valence-corrected chi connectivity index (χ2v) is 10.4. The fourth-order valence-electron chi connectivity index (χ4n) is 5.39. The summed E-state index contributed by atoms with van der Waals surface area (Å²) in [5, 5.41) is 0. The van der Waals surface area contributed by atoms with Crippen molar-refractivity contribution in [1.29, 1.82) is 0 Å². The van der Waals surface area contributed by atoms with Crippen molar-refractivity contribution >= 4 is 5.91 Å². The lowest BCUT2D eigenvalue weighted by molar-refractivity contribution is 0.0723. The highest BCUT2D eigenvalue weighted by atomic mass is 16.6. The number of carbonyl (C=O) groups is 1. The molecule has 0 fully saturated rings. The van der Waals surface area contributed by atoms with Crippen molar-refractivity contribution in [1.82, 2.24) is 9.80 Å². The molecule has 0 aromatic heterocycles. The topological polar surface area (TPSA) is 51.2 Å². The molecule has 0 N–H and O–H groups in total. The molecule has 38 heavy (non-hydrogen) atoms. The Kier molecular flexibility index (Phi) is 8.49. The molecule has 5 rings (SSSR count). The Morgan fingerprint density at radius 3 is 2.39 bits per heavy atom. The molecule has 2 aliphatic heterocycles. The summed E-state index contributed by atoms with van der Waals surface area (Å²) in [7, 11) is 2.19. The average molecular weight is 515 g/mol. The van der Waals surface area contributed by atoms with Crippen LogP contribution in [0.1, 0.15) is 52.2 Å². The molecule has 2 heterocycles. The van der Waals surface area contributed by atoms with Crippen LogP contribution in [0, 0.1) is 6.92 Å². The normalized spacial score (nSPS) is 19.1. The third-order valence-corrected chi connectivity index (χ3v) is 7.46. The maximum atomic E-state index is 13.7. The van der Waals surface area contributed by atoms with E-state index in [9.17, 15) is 4.79 Å². The molecule has 1 amide bonds. The number of amides is 1. The van der Waals surface area contributed by atoms with E-state index in [2.05, 4.69) is 67.4 Å². The van der Waals surface area contributed by atoms with Crippen LogP contribution in [0.4, 0.5) is 0 Å². The zero-order valence-corrected chi connectivity index (χ0v) is 22.5. The molecule has 0 bridgehead atoms. The number of nitrogens with zero attached hydrogens (tertiary/aromatic N) is 2. The van der Waals surface area contributed by atoms with Gasteiger partial charge in [-0.1, -0.05) is 48.0 Å². The third-order valence-electron chi connectivity index (χ3n) is 7.46. The summed E-state index contributed by atoms with van der Waals surface area (Å²) in [5.41, 5.74) is 4.40. The monoisotopic (exact) mass is 514 g/mol. The first-order valence-electron chi connectivity index (χ1n) is 13.7. The van der Waals surface area contributed by atoms with Crippen LogP contribution < -0.4 is 14.2 Å². The number of rotatable bonds is 2. The number of carbonyl (C=O) groups excluding carboxylic acids is 1. The molecule has 0 radical (unpaired) electrons. The van der Waals surface area contributed by atoms with Crippen molar-refractivity contribution in [3.63, 3.8) is 0 Å². The molecular weight excluding hydrogens is 476 g/mol. The highest BCUT2D eigenvalue weighted by Crippen LogP contribution is 2.32. The quantitative estimate of drug-likeness (QED) is 0.440. The van der Waals surface area contributed by atoms with Crippen molar-refractivity contribution in [3.05, 3.63) is 89.0 Å². The first kappa shape index (κ1) is 26.1. The summed E-state index contributed by atoms with van der Waals surface area (Å²) in [5.74, 6) is 2.67. The lowest BCUT2D eigenvalue weighted by Gasteiger charge is -2.27. The van der Waals surface area contributed by atoms with Crippen molar-refractivity contribution in [2.24, 2.45) is 0 Å². The van der Waals surface area contributed by atoms with E-state index in [0.717, 1.165) is 38.1 Å². The summed E-state index contributed by atoms with van der Waals surface area (Å²) >= 11 is 0. The van der Waals surface area contributed by atoms with E-state index < -0.39 is 0 Å². The van der Waals surface area contributed by atoms with E-state index in [4.69, 9.17) is 14.2 Å². The third kappa shape index (κ3) is 6.48. The van der Waals surface area contributed by atoms with E-state index in [1.807, 2.05) is 23.1 Å². The summed E-state index contributed by atoms with van der Waals surface area (Å²) in [6.45, 7) is 6.61. The van der Waals surface area contributed by atoms with Crippen LogP contribution >= 0.6 is 0 Å². The molecule has 6 heteroatoms. The molecule has 2 aliphatic rings. The van der Waals surface area contributed by atoms with Crippen molar-refractivity contribution in [3.8, 4) is 17.2 Å². The van der Waals surface area contributed by atoms with Gasteiger partial charge in [-0.25, -0.2) is 0 Å². The number of aryl methyl sites for hydroxylation is 1. The number of ether oxygens (including phenoxy) is 3. The van der Waals surface area contributed by atoms with Gasteiger partial charge in [0.2, 0.25) is 0 Å². The highest BCUT2D eigenvalue weighted by molar-refractivity contribution is 5.95. The van der Waals surface area contributed by atoms with Gasteiger partial charge in [0.25, 0.3) is 5.91 Å². The number of hydrogen-bond donors (Lipinski definition) is 0. The summed E-state index contributed by atoms with van der Waals surface area (Å²) < 4.78 is 17.7. The van der Waals surface area contributed by atoms with Crippen LogP contribution in [-0.2, 0) is 6.54 Å². The zero-order chi connectivity index (χ0) is 26.3. The Morgan fingerprint density at radius 2 is 1.55 bits per heavy atom. The maximum absolute atomic E-state index is 13.7. The minimum Gasteiger partial charge on any atom is -0.491 e. The van der Waals surface area contributed by atoms with Gasteiger partial charge in [-0.2, -0.15) is 0 Å². The SMILES string of the molecule is Cc1ccc2c(c1)CN(C)CCC(c1ccccc1)CCCN(C(=O)c1ccc3c(c1)OCCO3)CCO2. The second kappa shape index (κ2) is 12.4. The Labute approximate surface area is 226 Å². The smallest absolute Gasteiger partial charge is 0.254 e. The number of hydrogen-bond acceptors (Lipinski definition) is 5. The minimum atomic E-state index is -0.00204. The summed E-state index contributed by atoms with van der Waals surface area (Å²) in [6.07, 6.45) is 3.02. The van der Waals surface area contributed by atoms with Gasteiger partial charge in [0, 0.05) is 24.2 Å². The van der Waals surface area contributed by atoms with Gasteiger partial charge in [0.15, 0.2) is 11.5 Å². The predicted molar refractivity (Wildman–Crippen MR) is 149 cm³/mol. The van der Waals surface area contributed by atoms with Gasteiger partial charge in [-0.3, -0.25) is 4.79 Å². The molecule has 6 nitrogen and oxygen atoms in total. The van der Waals surface area contributed by atoms with Crippen molar-refractivity contribution in [2.45, 2.75) is 38.6 Å². The Morgan fingerprint density at radius 1 is 0.789 bits per heavy atom. The fourth-order valence-corrected chi connectivity index (χ4v) is 5.39. The molecule has 0 aliphatic carbocycles. The van der Waals surface area contributed by atoms with Crippen LogP contribution in [0.25, 0.3) is 0 Å². The van der Waals surface area contributed by atoms with E-state index in [0.29, 0.717) is 55.9 Å². The molecule has 0 saturated carbocycles. The molecule has 3 aromatic carbocycles. The van der Waals surface area contributed by atoms with Crippen LogP contribution in [0.2, 0.25) is 0 Å². The molecule has 0 saturated heterocycles. The first-order valence-corrected chi connectivity index (χ1v) is 13.7. The molecule has 3 aromatic rings. The molecule has 1 atom stereocenters. The van der Waals surface area contributed by atoms with Crippen LogP contribution in [0.15, 0.2) is 66.7 Å². The molecule has 200 valence electrons. The van der Waals surface area contributed by atoms with Crippen molar-refractivity contribution in [2.75, 3.05) is 46.5 Å². The highest BCUT2D eigenvalue weighted by Gasteiger charge is 2.22. The molecule has 1 unspecified atom stereocenters. The maximum Gasteiger partial charge on any atom is 0.254 e. The van der Waals surface area contributed by atoms with Gasteiger partial charge < -0.3 is 24.0 Å². The average Bonchev–Trinajstić information content (AvgIpc) is 2.94. The Hall–Kier alpha value is -3.51. The molecule has 0 spiro atoms. The second-order valence-electron chi connectivity index (χ2n) is 10.4. The van der Waals surface area contributed by atoms with Gasteiger partial charge in [-0.05, 0) is 75.5 Å². The number of benzene rings is 3. The van der Waals surface area contributed by atoms with Crippen LogP contribution in [0.3, 0.4) is 0 Å². The fraction of sp³-hybridized carbons (Fsp3) is 0.406. The van der Waals surface area contributed by atoms with Gasteiger partial charge in [-0.15, -0.1) is 0 Å². The molecular formula is C32H38N2O4. The lowest BCUT2D eigenvalue weighted by Crippen LogP contribution is -2.36. The Bertz CT molecular complexity index is 1230. The van der Waals surface area contributed by atoms with E-state index in [1.165, 1.54) is 16.7 Å². The van der Waals surface area contributed by atoms with Gasteiger partial charge in [0.05, 0.1) is 6.54 Å². The van der Waals surface area contributed by atoms with Crippen LogP contribution in [-0.4, -0.2) is 62.2 Å². The van der Waals surface area contributed by atoms with E-state index in [-0.39, 0.29) is 5.91 Å². The van der Waals surface area contributed by atoms with Crippen molar-refractivity contribution < 1.29 is 19.0 Å². The summed E-state index contributed by atoms with van der Waals surface area (Å²) in [6, 6.07) is 22.6. The van der Waals surface area contributed by atoms with Gasteiger partial charge in [0.1, 0.15) is 25.6 Å².